The van der Waals surface area contributed by atoms with Crippen molar-refractivity contribution in [2.75, 3.05) is 12.4 Å². The van der Waals surface area contributed by atoms with Gasteiger partial charge in [0.2, 0.25) is 5.95 Å². The minimum absolute atomic E-state index is 0.102. The number of ketones is 1. The number of anilines is 1. The van der Waals surface area contributed by atoms with Crippen LogP contribution in [-0.2, 0) is 4.79 Å². The van der Waals surface area contributed by atoms with Gasteiger partial charge in [-0.05, 0) is 36.1 Å². The predicted octanol–water partition coefficient (Wildman–Crippen LogP) is 4.01. The van der Waals surface area contributed by atoms with E-state index in [2.05, 4.69) is 24.1 Å². The number of methoxy groups -OCH3 is 1. The number of hydrogen-bond donors (Lipinski definition) is 1. The van der Waals surface area contributed by atoms with Crippen LogP contribution in [0.15, 0.2) is 59.9 Å². The zero-order valence-corrected chi connectivity index (χ0v) is 17.2. The van der Waals surface area contributed by atoms with E-state index in [1.807, 2.05) is 42.5 Å². The molecule has 2 aliphatic rings. The summed E-state index contributed by atoms with van der Waals surface area (Å²) in [5, 5.41) is 8.17. The molecule has 3 aromatic rings. The number of nitrogens with zero attached hydrogens (tertiary/aromatic N) is 4. The summed E-state index contributed by atoms with van der Waals surface area (Å²) in [6.07, 6.45) is 3.02. The van der Waals surface area contributed by atoms with E-state index in [9.17, 15) is 4.79 Å². The number of fused-ring (bicyclic) bond motifs is 1. The number of benzene rings is 1. The molecule has 152 valence electrons. The van der Waals surface area contributed by atoms with Crippen LogP contribution in [0.3, 0.4) is 0 Å². The van der Waals surface area contributed by atoms with Gasteiger partial charge in [-0.15, -0.1) is 5.10 Å². The SMILES string of the molecule is COc1cccc(-c2nc3n(n2)C(c2ccccn2)C2=C(CC(C)(C)CC2=O)N3)c1. The van der Waals surface area contributed by atoms with Gasteiger partial charge in [-0.1, -0.05) is 32.0 Å². The van der Waals surface area contributed by atoms with Gasteiger partial charge in [0.1, 0.15) is 11.8 Å². The molecule has 7 nitrogen and oxygen atoms in total. The van der Waals surface area contributed by atoms with Crippen LogP contribution in [0.2, 0.25) is 0 Å². The van der Waals surface area contributed by atoms with E-state index in [4.69, 9.17) is 14.8 Å². The minimum atomic E-state index is -0.395. The Hall–Kier alpha value is -3.48. The first-order valence-electron chi connectivity index (χ1n) is 10.0. The molecule has 1 unspecified atom stereocenters. The summed E-state index contributed by atoms with van der Waals surface area (Å²) < 4.78 is 7.13. The van der Waals surface area contributed by atoms with E-state index < -0.39 is 6.04 Å². The molecule has 0 saturated heterocycles. The van der Waals surface area contributed by atoms with Crippen molar-refractivity contribution in [1.82, 2.24) is 19.7 Å². The second kappa shape index (κ2) is 6.79. The summed E-state index contributed by atoms with van der Waals surface area (Å²) in [6, 6.07) is 13.0. The average molecular weight is 401 g/mol. The van der Waals surface area contributed by atoms with Gasteiger partial charge in [0, 0.05) is 29.5 Å². The number of carbonyl (C=O) groups is 1. The lowest BCUT2D eigenvalue weighted by Crippen LogP contribution is -2.36. The van der Waals surface area contributed by atoms with Gasteiger partial charge >= 0.3 is 0 Å². The van der Waals surface area contributed by atoms with Crippen LogP contribution >= 0.6 is 0 Å². The van der Waals surface area contributed by atoms with E-state index in [-0.39, 0.29) is 11.2 Å². The summed E-state index contributed by atoms with van der Waals surface area (Å²) in [7, 11) is 1.63. The van der Waals surface area contributed by atoms with Crippen molar-refractivity contribution in [3.8, 4) is 17.1 Å². The Balaban J connectivity index is 1.66. The number of aromatic nitrogens is 4. The number of rotatable bonds is 3. The molecule has 0 radical (unpaired) electrons. The highest BCUT2D eigenvalue weighted by Crippen LogP contribution is 2.45. The van der Waals surface area contributed by atoms with Crippen molar-refractivity contribution in [3.05, 3.63) is 65.6 Å². The molecule has 1 aliphatic heterocycles. The van der Waals surface area contributed by atoms with Gasteiger partial charge in [0.25, 0.3) is 0 Å². The molecule has 1 atom stereocenters. The molecule has 1 N–H and O–H groups in total. The van der Waals surface area contributed by atoms with Crippen LogP contribution in [0.1, 0.15) is 38.4 Å². The molecular weight excluding hydrogens is 378 g/mol. The molecule has 7 heteroatoms. The third-order valence-corrected chi connectivity index (χ3v) is 5.63. The topological polar surface area (TPSA) is 81.9 Å². The monoisotopic (exact) mass is 401 g/mol. The van der Waals surface area contributed by atoms with Crippen LogP contribution in [0, 0.1) is 5.41 Å². The van der Waals surface area contributed by atoms with E-state index in [1.54, 1.807) is 18.0 Å². The van der Waals surface area contributed by atoms with Gasteiger partial charge in [0.05, 0.1) is 12.8 Å². The lowest BCUT2D eigenvalue weighted by molar-refractivity contribution is -0.118. The first-order valence-corrected chi connectivity index (χ1v) is 10.0. The third kappa shape index (κ3) is 3.07. The summed E-state index contributed by atoms with van der Waals surface area (Å²) in [5.41, 5.74) is 3.19. The molecule has 0 bridgehead atoms. The van der Waals surface area contributed by atoms with Crippen LogP contribution in [0.5, 0.6) is 5.75 Å². The Morgan fingerprint density at radius 3 is 2.80 bits per heavy atom. The maximum absolute atomic E-state index is 13.2. The standard InChI is InChI=1S/C23H23N5O2/c1-23(2)12-17-19(18(29)13-23)20(16-9-4-5-10-24-16)28-22(25-17)26-21(27-28)14-7-6-8-15(11-14)30-3/h4-11,20H,12-13H2,1-3H3,(H,25,26,27). The smallest absolute Gasteiger partial charge is 0.226 e. The van der Waals surface area contributed by atoms with Crippen LogP contribution in [0.4, 0.5) is 5.95 Å². The van der Waals surface area contributed by atoms with Crippen molar-refractivity contribution >= 4 is 11.7 Å². The summed E-state index contributed by atoms with van der Waals surface area (Å²) in [5.74, 6) is 2.06. The van der Waals surface area contributed by atoms with Crippen molar-refractivity contribution in [3.63, 3.8) is 0 Å². The number of nitrogens with one attached hydrogen (secondary N) is 1. The molecule has 1 aliphatic carbocycles. The Labute approximate surface area is 174 Å². The Morgan fingerprint density at radius 2 is 2.03 bits per heavy atom. The molecule has 0 spiro atoms. The number of Topliss-reactive ketones (excluding diaryl/α,β-unsaturated/α-hetero) is 1. The van der Waals surface area contributed by atoms with Gasteiger partial charge in [-0.2, -0.15) is 4.98 Å². The molecule has 30 heavy (non-hydrogen) atoms. The summed E-state index contributed by atoms with van der Waals surface area (Å²) in [4.78, 5) is 22.5. The maximum Gasteiger partial charge on any atom is 0.226 e. The van der Waals surface area contributed by atoms with Crippen molar-refractivity contribution < 1.29 is 9.53 Å². The molecule has 0 amide bonds. The van der Waals surface area contributed by atoms with Gasteiger partial charge in [0.15, 0.2) is 11.6 Å². The van der Waals surface area contributed by atoms with E-state index >= 15 is 0 Å². The van der Waals surface area contributed by atoms with Crippen molar-refractivity contribution in [2.24, 2.45) is 5.41 Å². The summed E-state index contributed by atoms with van der Waals surface area (Å²) >= 11 is 0. The molecule has 3 heterocycles. The first-order chi connectivity index (χ1) is 14.4. The minimum Gasteiger partial charge on any atom is -0.497 e. The second-order valence-electron chi connectivity index (χ2n) is 8.55. The zero-order valence-electron chi connectivity index (χ0n) is 17.2. The second-order valence-corrected chi connectivity index (χ2v) is 8.55. The van der Waals surface area contributed by atoms with Crippen LogP contribution in [0.25, 0.3) is 11.4 Å². The van der Waals surface area contributed by atoms with Crippen molar-refractivity contribution in [2.45, 2.75) is 32.7 Å². The Morgan fingerprint density at radius 1 is 1.17 bits per heavy atom. The fraction of sp³-hybridized carbons (Fsp3) is 0.304. The van der Waals surface area contributed by atoms with Gasteiger partial charge in [-0.25, -0.2) is 4.68 Å². The highest BCUT2D eigenvalue weighted by molar-refractivity contribution is 6.00. The van der Waals surface area contributed by atoms with Gasteiger partial charge < -0.3 is 10.1 Å². The fourth-order valence-electron chi connectivity index (χ4n) is 4.30. The average Bonchev–Trinajstić information content (AvgIpc) is 3.15. The molecule has 2 aromatic heterocycles. The summed E-state index contributed by atoms with van der Waals surface area (Å²) in [6.45, 7) is 4.24. The van der Waals surface area contributed by atoms with E-state index in [1.165, 1.54) is 0 Å². The zero-order chi connectivity index (χ0) is 20.9. The lowest BCUT2D eigenvalue weighted by Gasteiger charge is -2.37. The van der Waals surface area contributed by atoms with Crippen LogP contribution in [-0.4, -0.2) is 32.6 Å². The van der Waals surface area contributed by atoms with Gasteiger partial charge in [-0.3, -0.25) is 9.78 Å². The van der Waals surface area contributed by atoms with E-state index in [0.29, 0.717) is 18.2 Å². The van der Waals surface area contributed by atoms with Crippen LogP contribution < -0.4 is 10.1 Å². The fourth-order valence-corrected chi connectivity index (χ4v) is 4.30. The maximum atomic E-state index is 13.2. The number of pyridine rings is 1. The number of allylic oxidation sites excluding steroid dienone is 2. The molecule has 0 saturated carbocycles. The largest absolute Gasteiger partial charge is 0.497 e. The number of ether oxygens (including phenoxy) is 1. The molecule has 0 fully saturated rings. The number of carbonyl (C=O) groups excluding carboxylic acids is 1. The Kier molecular flexibility index (Phi) is 4.20. The predicted molar refractivity (Wildman–Crippen MR) is 113 cm³/mol. The highest BCUT2D eigenvalue weighted by Gasteiger charge is 2.42. The lowest BCUT2D eigenvalue weighted by atomic mass is 9.73. The third-order valence-electron chi connectivity index (χ3n) is 5.63. The molecular formula is C23H23N5O2. The Bertz CT molecular complexity index is 1160. The first kappa shape index (κ1) is 18.5. The van der Waals surface area contributed by atoms with E-state index in [0.717, 1.165) is 34.7 Å². The highest BCUT2D eigenvalue weighted by atomic mass is 16.5. The van der Waals surface area contributed by atoms with Crippen molar-refractivity contribution in [1.29, 1.82) is 0 Å². The quantitative estimate of drug-likeness (QED) is 0.714. The molecule has 5 rings (SSSR count). The normalized spacial score (nSPS) is 19.7. The number of hydrogen-bond acceptors (Lipinski definition) is 6. The molecule has 1 aromatic carbocycles.